The van der Waals surface area contributed by atoms with Crippen LogP contribution >= 0.6 is 0 Å². The second kappa shape index (κ2) is 8.63. The van der Waals surface area contributed by atoms with Gasteiger partial charge in [0.2, 0.25) is 0 Å². The van der Waals surface area contributed by atoms with Gasteiger partial charge in [0.05, 0.1) is 13.7 Å². The molecule has 2 amide bonds. The van der Waals surface area contributed by atoms with E-state index in [0.29, 0.717) is 43.1 Å². The van der Waals surface area contributed by atoms with Crippen LogP contribution in [0, 0.1) is 6.92 Å². The molecule has 0 saturated heterocycles. The van der Waals surface area contributed by atoms with E-state index in [0.717, 1.165) is 22.4 Å². The fourth-order valence-electron chi connectivity index (χ4n) is 3.95. The van der Waals surface area contributed by atoms with Crippen LogP contribution in [-0.2, 0) is 26.6 Å². The number of ether oxygens (including phenoxy) is 1. The average Bonchev–Trinajstić information content (AvgIpc) is 3.13. The van der Waals surface area contributed by atoms with Crippen molar-refractivity contribution in [1.82, 2.24) is 20.0 Å². The quantitative estimate of drug-likeness (QED) is 0.691. The summed E-state index contributed by atoms with van der Waals surface area (Å²) in [6.45, 7) is 3.40. The molecular weight excluding hydrogens is 392 g/mol. The third-order valence-corrected chi connectivity index (χ3v) is 5.62. The molecule has 3 aromatic rings. The Morgan fingerprint density at radius 3 is 2.65 bits per heavy atom. The molecule has 0 bridgehead atoms. The van der Waals surface area contributed by atoms with Crippen molar-refractivity contribution in [2.45, 2.75) is 26.4 Å². The monoisotopic (exact) mass is 418 g/mol. The van der Waals surface area contributed by atoms with Crippen LogP contribution in [0.5, 0.6) is 5.75 Å². The highest BCUT2D eigenvalue weighted by molar-refractivity contribution is 5.96. The van der Waals surface area contributed by atoms with Gasteiger partial charge >= 0.3 is 0 Å². The summed E-state index contributed by atoms with van der Waals surface area (Å²) in [5.74, 6) is 0.415. The maximum Gasteiger partial charge on any atom is 0.272 e. The number of methoxy groups -OCH3 is 1. The maximum absolute atomic E-state index is 13.0. The first-order chi connectivity index (χ1) is 15.0. The molecule has 1 N–H and O–H groups in total. The van der Waals surface area contributed by atoms with Crippen LogP contribution in [0.3, 0.4) is 0 Å². The lowest BCUT2D eigenvalue weighted by Gasteiger charge is -2.27. The Bertz CT molecular complexity index is 1120. The molecule has 7 heteroatoms. The predicted octanol–water partition coefficient (Wildman–Crippen LogP) is 2.87. The summed E-state index contributed by atoms with van der Waals surface area (Å²) in [5.41, 5.74) is 4.98. The normalized spacial score (nSPS) is 12.9. The summed E-state index contributed by atoms with van der Waals surface area (Å²) in [6, 6.07) is 15.1. The summed E-state index contributed by atoms with van der Waals surface area (Å²) >= 11 is 0. The van der Waals surface area contributed by atoms with Crippen LogP contribution < -0.4 is 10.1 Å². The van der Waals surface area contributed by atoms with Crippen molar-refractivity contribution in [2.24, 2.45) is 7.05 Å². The minimum Gasteiger partial charge on any atom is -0.497 e. The van der Waals surface area contributed by atoms with Gasteiger partial charge in [-0.1, -0.05) is 29.8 Å². The smallest absolute Gasteiger partial charge is 0.272 e. The molecule has 2 aromatic carbocycles. The fourth-order valence-corrected chi connectivity index (χ4v) is 3.95. The third kappa shape index (κ3) is 4.30. The molecule has 1 aliphatic rings. The van der Waals surface area contributed by atoms with Gasteiger partial charge in [-0.3, -0.25) is 14.3 Å². The van der Waals surface area contributed by atoms with Gasteiger partial charge in [0.15, 0.2) is 5.69 Å². The van der Waals surface area contributed by atoms with E-state index < -0.39 is 0 Å². The highest BCUT2D eigenvalue weighted by Crippen LogP contribution is 2.24. The van der Waals surface area contributed by atoms with Crippen molar-refractivity contribution < 1.29 is 14.3 Å². The first kappa shape index (κ1) is 20.7. The van der Waals surface area contributed by atoms with Crippen LogP contribution in [0.25, 0.3) is 0 Å². The Hall–Kier alpha value is -3.61. The Balaban J connectivity index is 1.50. The minimum absolute atomic E-state index is 0.0664. The molecule has 1 aromatic heterocycles. The number of benzene rings is 2. The Kier molecular flexibility index (Phi) is 5.75. The zero-order chi connectivity index (χ0) is 22.0. The molecule has 0 unspecified atom stereocenters. The zero-order valence-electron chi connectivity index (χ0n) is 18.0. The molecule has 4 rings (SSSR count). The summed E-state index contributed by atoms with van der Waals surface area (Å²) in [4.78, 5) is 27.7. The number of hydrogen-bond donors (Lipinski definition) is 1. The summed E-state index contributed by atoms with van der Waals surface area (Å²) < 4.78 is 6.92. The number of fused-ring (bicyclic) bond motifs is 1. The van der Waals surface area contributed by atoms with Crippen LogP contribution in [0.1, 0.15) is 43.2 Å². The molecule has 7 nitrogen and oxygen atoms in total. The van der Waals surface area contributed by atoms with Crippen molar-refractivity contribution >= 4 is 11.8 Å². The molecule has 160 valence electrons. The van der Waals surface area contributed by atoms with Gasteiger partial charge in [-0.15, -0.1) is 0 Å². The Morgan fingerprint density at radius 1 is 1.16 bits per heavy atom. The van der Waals surface area contributed by atoms with Crippen LogP contribution in [-0.4, -0.2) is 40.1 Å². The van der Waals surface area contributed by atoms with E-state index >= 15 is 0 Å². The van der Waals surface area contributed by atoms with E-state index in [9.17, 15) is 9.59 Å². The lowest BCUT2D eigenvalue weighted by molar-refractivity contribution is 0.0730. The van der Waals surface area contributed by atoms with E-state index in [1.807, 2.05) is 38.2 Å². The Labute approximate surface area is 181 Å². The molecule has 0 aliphatic carbocycles. The number of hydrogen-bond acceptors (Lipinski definition) is 4. The van der Waals surface area contributed by atoms with Crippen molar-refractivity contribution in [1.29, 1.82) is 0 Å². The minimum atomic E-state index is -0.225. The average molecular weight is 418 g/mol. The fraction of sp³-hybridized carbons (Fsp3) is 0.292. The predicted molar refractivity (Wildman–Crippen MR) is 117 cm³/mol. The van der Waals surface area contributed by atoms with Gasteiger partial charge in [-0.05, 0) is 36.8 Å². The van der Waals surface area contributed by atoms with Gasteiger partial charge in [-0.25, -0.2) is 0 Å². The van der Waals surface area contributed by atoms with Gasteiger partial charge in [-0.2, -0.15) is 5.10 Å². The SMILES string of the molecule is COc1ccc(C(=O)N2CCc3c(c(C(=O)NCc4cccc(C)c4)nn3C)C2)cc1. The maximum atomic E-state index is 13.0. The van der Waals surface area contributed by atoms with E-state index in [-0.39, 0.29) is 11.8 Å². The molecule has 0 fully saturated rings. The lowest BCUT2D eigenvalue weighted by Crippen LogP contribution is -2.37. The van der Waals surface area contributed by atoms with Crippen molar-refractivity contribution in [3.8, 4) is 5.75 Å². The van der Waals surface area contributed by atoms with Crippen molar-refractivity contribution in [3.63, 3.8) is 0 Å². The number of aromatic nitrogens is 2. The summed E-state index contributed by atoms with van der Waals surface area (Å²) in [6.07, 6.45) is 0.659. The zero-order valence-corrected chi connectivity index (χ0v) is 18.0. The second-order valence-electron chi connectivity index (χ2n) is 7.77. The van der Waals surface area contributed by atoms with E-state index in [2.05, 4.69) is 10.4 Å². The number of aryl methyl sites for hydroxylation is 2. The molecule has 0 spiro atoms. The molecule has 0 radical (unpaired) electrons. The third-order valence-electron chi connectivity index (χ3n) is 5.62. The first-order valence-electron chi connectivity index (χ1n) is 10.3. The second-order valence-corrected chi connectivity index (χ2v) is 7.77. The molecule has 0 atom stereocenters. The highest BCUT2D eigenvalue weighted by atomic mass is 16.5. The highest BCUT2D eigenvalue weighted by Gasteiger charge is 2.29. The van der Waals surface area contributed by atoms with Crippen LogP contribution in [0.2, 0.25) is 0 Å². The molecule has 0 saturated carbocycles. The summed E-state index contributed by atoms with van der Waals surface area (Å²) in [7, 11) is 3.44. The molecule has 2 heterocycles. The van der Waals surface area contributed by atoms with Crippen molar-refractivity contribution in [3.05, 3.63) is 82.2 Å². The molecular formula is C24H26N4O3. The van der Waals surface area contributed by atoms with Gasteiger partial charge in [0.1, 0.15) is 5.75 Å². The van der Waals surface area contributed by atoms with Gasteiger partial charge in [0.25, 0.3) is 11.8 Å². The van der Waals surface area contributed by atoms with Gasteiger partial charge in [0, 0.05) is 43.4 Å². The van der Waals surface area contributed by atoms with Gasteiger partial charge < -0.3 is 15.0 Å². The molecule has 1 aliphatic heterocycles. The standard InChI is InChI=1S/C24H26N4O3/c1-16-5-4-6-17(13-16)14-25-23(29)22-20-15-28(12-11-21(20)27(2)26-22)24(30)18-7-9-19(31-3)10-8-18/h4-10,13H,11-12,14-15H2,1-3H3,(H,25,29). The topological polar surface area (TPSA) is 76.5 Å². The lowest BCUT2D eigenvalue weighted by atomic mass is 10.0. The number of amides is 2. The van der Waals surface area contributed by atoms with Crippen molar-refractivity contribution in [2.75, 3.05) is 13.7 Å². The number of rotatable bonds is 5. The largest absolute Gasteiger partial charge is 0.497 e. The number of carbonyl (C=O) groups is 2. The number of nitrogens with one attached hydrogen (secondary N) is 1. The first-order valence-corrected chi connectivity index (χ1v) is 10.3. The van der Waals surface area contributed by atoms with Crippen LogP contribution in [0.4, 0.5) is 0 Å². The van der Waals surface area contributed by atoms with E-state index in [1.54, 1.807) is 41.0 Å². The Morgan fingerprint density at radius 2 is 1.94 bits per heavy atom. The van der Waals surface area contributed by atoms with E-state index in [1.165, 1.54) is 0 Å². The number of nitrogens with zero attached hydrogens (tertiary/aromatic N) is 3. The molecule has 31 heavy (non-hydrogen) atoms. The van der Waals surface area contributed by atoms with E-state index in [4.69, 9.17) is 4.74 Å². The van der Waals surface area contributed by atoms with Crippen LogP contribution in [0.15, 0.2) is 48.5 Å². The number of carbonyl (C=O) groups excluding carboxylic acids is 2. The summed E-state index contributed by atoms with van der Waals surface area (Å²) in [5, 5.41) is 7.42.